The number of anilines is 3. The first kappa shape index (κ1) is 21.0. The summed E-state index contributed by atoms with van der Waals surface area (Å²) in [5.41, 5.74) is 1.53. The van der Waals surface area contributed by atoms with Crippen molar-refractivity contribution in [2.45, 2.75) is 25.3 Å². The lowest BCUT2D eigenvalue weighted by atomic mass is 10.0. The van der Waals surface area contributed by atoms with Crippen molar-refractivity contribution in [2.24, 2.45) is 0 Å². The number of likely N-dealkylation sites (N-methyl/N-ethyl adjacent to an activating group) is 1. The van der Waals surface area contributed by atoms with Crippen LogP contribution in [0.15, 0.2) is 41.0 Å². The second-order valence-corrected chi connectivity index (χ2v) is 9.02. The van der Waals surface area contributed by atoms with E-state index in [4.69, 9.17) is 0 Å². The van der Waals surface area contributed by atoms with Crippen LogP contribution in [0.2, 0.25) is 0 Å². The molecule has 2 amide bonds. The molecule has 1 atom stereocenters. The molecule has 4 rings (SSSR count). The number of aromatic nitrogens is 1. The summed E-state index contributed by atoms with van der Waals surface area (Å²) in [6.45, 7) is 2.11. The molecular formula is C22H26BrN5O2. The van der Waals surface area contributed by atoms with Crippen LogP contribution in [0.4, 0.5) is 17.2 Å². The van der Waals surface area contributed by atoms with Gasteiger partial charge in [-0.05, 0) is 63.8 Å². The molecule has 1 aromatic carbocycles. The van der Waals surface area contributed by atoms with Gasteiger partial charge in [0.1, 0.15) is 0 Å². The monoisotopic (exact) mass is 471 g/mol. The first-order valence-electron chi connectivity index (χ1n) is 10.2. The Labute approximate surface area is 185 Å². The van der Waals surface area contributed by atoms with Gasteiger partial charge in [-0.2, -0.15) is 0 Å². The Hall–Kier alpha value is -2.29. The van der Waals surface area contributed by atoms with Crippen LogP contribution in [-0.2, 0) is 4.79 Å². The number of piperidine rings is 1. The summed E-state index contributed by atoms with van der Waals surface area (Å²) in [7, 11) is 4.13. The quantitative estimate of drug-likeness (QED) is 0.738. The predicted octanol–water partition coefficient (Wildman–Crippen LogP) is 3.49. The van der Waals surface area contributed by atoms with Crippen LogP contribution in [0.3, 0.4) is 0 Å². The number of nitrogens with zero attached hydrogens (tertiary/aromatic N) is 4. The van der Waals surface area contributed by atoms with Gasteiger partial charge in [-0.3, -0.25) is 19.4 Å². The molecule has 1 aromatic heterocycles. The summed E-state index contributed by atoms with van der Waals surface area (Å²) < 4.78 is 0.782. The minimum Gasteiger partial charge on any atom is -0.319 e. The molecule has 8 heteroatoms. The minimum absolute atomic E-state index is 0.0827. The molecule has 1 saturated heterocycles. The molecule has 0 radical (unpaired) electrons. The van der Waals surface area contributed by atoms with E-state index in [1.807, 2.05) is 6.07 Å². The Morgan fingerprint density at radius 3 is 2.93 bits per heavy atom. The average molecular weight is 472 g/mol. The van der Waals surface area contributed by atoms with Crippen LogP contribution < -0.4 is 10.2 Å². The average Bonchev–Trinajstić information content (AvgIpc) is 2.83. The molecule has 3 heterocycles. The number of carbonyl (C=O) groups is 2. The summed E-state index contributed by atoms with van der Waals surface area (Å²) in [5.74, 6) is 0.123. The molecule has 1 N–H and O–H groups in total. The molecule has 2 aromatic rings. The van der Waals surface area contributed by atoms with E-state index >= 15 is 0 Å². The maximum atomic E-state index is 13.6. The van der Waals surface area contributed by atoms with Crippen molar-refractivity contribution >= 4 is 44.9 Å². The number of rotatable bonds is 4. The van der Waals surface area contributed by atoms with Gasteiger partial charge in [0.2, 0.25) is 5.91 Å². The second-order valence-electron chi connectivity index (χ2n) is 8.10. The van der Waals surface area contributed by atoms with Gasteiger partial charge in [-0.1, -0.05) is 22.4 Å². The highest BCUT2D eigenvalue weighted by Gasteiger charge is 2.33. The number of carbonyl (C=O) groups excluding carboxylic acids is 2. The Morgan fingerprint density at radius 1 is 1.30 bits per heavy atom. The van der Waals surface area contributed by atoms with Crippen molar-refractivity contribution in [3.63, 3.8) is 0 Å². The number of pyridine rings is 1. The van der Waals surface area contributed by atoms with E-state index in [0.29, 0.717) is 28.8 Å². The highest BCUT2D eigenvalue weighted by Crippen LogP contribution is 2.37. The standard InChI is InChI=1S/C22H26BrN5O2/c1-26(2)13-16-6-3-4-11-27(16)14-20(29)28-19-9-8-15(23)12-17(19)22(30)25-18-7-5-10-24-21(18)28/h5,7-10,12,16H,3-4,6,11,13-14H2,1-2H3,(H,25,30). The lowest BCUT2D eigenvalue weighted by Gasteiger charge is -2.37. The molecule has 2 aliphatic rings. The van der Waals surface area contributed by atoms with Crippen LogP contribution >= 0.6 is 15.9 Å². The van der Waals surface area contributed by atoms with E-state index in [1.54, 1.807) is 35.4 Å². The van der Waals surface area contributed by atoms with Crippen molar-refractivity contribution < 1.29 is 9.59 Å². The third-order valence-corrected chi connectivity index (χ3v) is 6.10. The minimum atomic E-state index is -0.251. The van der Waals surface area contributed by atoms with Crippen LogP contribution in [-0.4, -0.2) is 66.4 Å². The summed E-state index contributed by atoms with van der Waals surface area (Å²) in [6, 6.07) is 9.26. The maximum Gasteiger partial charge on any atom is 0.257 e. The van der Waals surface area contributed by atoms with Gasteiger partial charge in [-0.15, -0.1) is 0 Å². The van der Waals surface area contributed by atoms with Gasteiger partial charge in [0.05, 0.1) is 23.5 Å². The molecule has 30 heavy (non-hydrogen) atoms. The van der Waals surface area contributed by atoms with Gasteiger partial charge < -0.3 is 10.2 Å². The van der Waals surface area contributed by atoms with Crippen molar-refractivity contribution in [3.8, 4) is 0 Å². The molecule has 0 bridgehead atoms. The number of amides is 2. The number of halogens is 1. The van der Waals surface area contributed by atoms with Gasteiger partial charge in [0.25, 0.3) is 5.91 Å². The van der Waals surface area contributed by atoms with Crippen molar-refractivity contribution in [3.05, 3.63) is 46.6 Å². The first-order valence-corrected chi connectivity index (χ1v) is 11.0. The predicted molar refractivity (Wildman–Crippen MR) is 121 cm³/mol. The normalized spacial score (nSPS) is 19.1. The Balaban J connectivity index is 1.71. The maximum absolute atomic E-state index is 13.6. The summed E-state index contributed by atoms with van der Waals surface area (Å²) in [6.07, 6.45) is 5.01. The lowest BCUT2D eigenvalue weighted by molar-refractivity contribution is -0.120. The number of likely N-dealkylation sites (tertiary alicyclic amines) is 1. The molecule has 2 aliphatic heterocycles. The number of hydrogen-bond donors (Lipinski definition) is 1. The highest BCUT2D eigenvalue weighted by atomic mass is 79.9. The second kappa shape index (κ2) is 8.83. The Bertz CT molecular complexity index is 964. The van der Waals surface area contributed by atoms with Crippen LogP contribution in [0.1, 0.15) is 29.6 Å². The highest BCUT2D eigenvalue weighted by molar-refractivity contribution is 9.10. The van der Waals surface area contributed by atoms with Crippen molar-refractivity contribution in [1.82, 2.24) is 14.8 Å². The van der Waals surface area contributed by atoms with Crippen molar-refractivity contribution in [1.29, 1.82) is 0 Å². The first-order chi connectivity index (χ1) is 14.4. The fourth-order valence-corrected chi connectivity index (χ4v) is 4.62. The number of hydrogen-bond acceptors (Lipinski definition) is 5. The Morgan fingerprint density at radius 2 is 2.13 bits per heavy atom. The fraction of sp³-hybridized carbons (Fsp3) is 0.409. The zero-order valence-corrected chi connectivity index (χ0v) is 18.9. The largest absolute Gasteiger partial charge is 0.319 e. The molecule has 1 fully saturated rings. The SMILES string of the molecule is CN(C)CC1CCCCN1CC(=O)N1c2ccc(Br)cc2C(=O)Nc2cccnc21. The molecule has 0 aliphatic carbocycles. The number of nitrogens with one attached hydrogen (secondary N) is 1. The number of fused-ring (bicyclic) bond motifs is 2. The fourth-order valence-electron chi connectivity index (χ4n) is 4.25. The Kier molecular flexibility index (Phi) is 6.17. The van der Waals surface area contributed by atoms with E-state index in [0.717, 1.165) is 30.4 Å². The molecule has 1 unspecified atom stereocenters. The van der Waals surface area contributed by atoms with Gasteiger partial charge in [0, 0.05) is 23.3 Å². The molecule has 0 saturated carbocycles. The van der Waals surface area contributed by atoms with Crippen molar-refractivity contribution in [2.75, 3.05) is 43.9 Å². The van der Waals surface area contributed by atoms with E-state index in [1.165, 1.54) is 6.42 Å². The smallest absolute Gasteiger partial charge is 0.257 e. The van der Waals surface area contributed by atoms with Gasteiger partial charge in [-0.25, -0.2) is 4.98 Å². The van der Waals surface area contributed by atoms with Gasteiger partial charge in [0.15, 0.2) is 5.82 Å². The summed E-state index contributed by atoms with van der Waals surface area (Å²) >= 11 is 3.43. The van der Waals surface area contributed by atoms with E-state index in [9.17, 15) is 9.59 Å². The molecule has 158 valence electrons. The third kappa shape index (κ3) is 4.26. The van der Waals surface area contributed by atoms with Crippen LogP contribution in [0, 0.1) is 0 Å². The molecule has 0 spiro atoms. The van der Waals surface area contributed by atoms with Gasteiger partial charge >= 0.3 is 0 Å². The summed E-state index contributed by atoms with van der Waals surface area (Å²) in [4.78, 5) is 37.0. The zero-order chi connectivity index (χ0) is 21.3. The van der Waals surface area contributed by atoms with E-state index < -0.39 is 0 Å². The van der Waals surface area contributed by atoms with E-state index in [2.05, 4.69) is 50.1 Å². The number of benzene rings is 1. The zero-order valence-electron chi connectivity index (χ0n) is 17.3. The van der Waals surface area contributed by atoms with Crippen LogP contribution in [0.5, 0.6) is 0 Å². The van der Waals surface area contributed by atoms with E-state index in [-0.39, 0.29) is 18.4 Å². The molecular weight excluding hydrogens is 446 g/mol. The molecule has 7 nitrogen and oxygen atoms in total. The lowest BCUT2D eigenvalue weighted by Crippen LogP contribution is -2.49. The topological polar surface area (TPSA) is 68.8 Å². The third-order valence-electron chi connectivity index (χ3n) is 5.60. The summed E-state index contributed by atoms with van der Waals surface area (Å²) in [5, 5.41) is 2.89. The van der Waals surface area contributed by atoms with Crippen LogP contribution in [0.25, 0.3) is 0 Å².